The molecule has 1 heterocycles. The van der Waals surface area contributed by atoms with Gasteiger partial charge in [-0.05, 0) is 25.5 Å². The third-order valence-electron chi connectivity index (χ3n) is 3.10. The zero-order chi connectivity index (χ0) is 15.1. The van der Waals surface area contributed by atoms with Gasteiger partial charge in [0, 0.05) is 13.5 Å². The molecule has 1 aromatic heterocycles. The largest absolute Gasteiger partial charge is 0.494 e. The number of ether oxygens (including phenoxy) is 1. The number of carbonyl (C=O) groups excluding carboxylic acids is 1. The van der Waals surface area contributed by atoms with Crippen molar-refractivity contribution in [2.75, 3.05) is 13.7 Å². The van der Waals surface area contributed by atoms with Gasteiger partial charge in [0.1, 0.15) is 17.9 Å². The minimum absolute atomic E-state index is 0.0684. The first kappa shape index (κ1) is 15.0. The van der Waals surface area contributed by atoms with Crippen molar-refractivity contribution in [1.82, 2.24) is 20.1 Å². The number of aromatic amines is 1. The fourth-order valence-corrected chi connectivity index (χ4v) is 1.86. The minimum Gasteiger partial charge on any atom is -0.494 e. The van der Waals surface area contributed by atoms with Gasteiger partial charge in [0.05, 0.1) is 13.2 Å². The van der Waals surface area contributed by atoms with Gasteiger partial charge in [-0.15, -0.1) is 0 Å². The fourth-order valence-electron chi connectivity index (χ4n) is 1.86. The summed E-state index contributed by atoms with van der Waals surface area (Å²) in [4.78, 5) is 17.6. The van der Waals surface area contributed by atoms with E-state index in [0.29, 0.717) is 31.8 Å². The monoisotopic (exact) mass is 288 g/mol. The number of nitrogens with one attached hydrogen (secondary N) is 1. The summed E-state index contributed by atoms with van der Waals surface area (Å²) in [6.45, 7) is 3.01. The number of aryl methyl sites for hydroxylation is 1. The third-order valence-corrected chi connectivity index (χ3v) is 3.10. The van der Waals surface area contributed by atoms with Crippen LogP contribution in [0.1, 0.15) is 24.2 Å². The van der Waals surface area contributed by atoms with Crippen molar-refractivity contribution in [2.24, 2.45) is 0 Å². The van der Waals surface area contributed by atoms with Crippen molar-refractivity contribution in [2.45, 2.75) is 26.3 Å². The maximum atomic E-state index is 11.9. The molecule has 0 unspecified atom stereocenters. The summed E-state index contributed by atoms with van der Waals surface area (Å²) in [6, 6.07) is 7.89. The minimum atomic E-state index is 0.0684. The van der Waals surface area contributed by atoms with Gasteiger partial charge in [0.15, 0.2) is 0 Å². The number of carbonyl (C=O) groups is 1. The molecule has 0 aliphatic heterocycles. The summed E-state index contributed by atoms with van der Waals surface area (Å²) < 4.78 is 5.60. The van der Waals surface area contributed by atoms with E-state index in [9.17, 15) is 4.79 Å². The Bertz CT molecular complexity index is 552. The van der Waals surface area contributed by atoms with E-state index in [1.807, 2.05) is 31.2 Å². The van der Waals surface area contributed by atoms with Crippen LogP contribution in [0.25, 0.3) is 0 Å². The van der Waals surface area contributed by atoms with Crippen LogP contribution in [-0.4, -0.2) is 39.6 Å². The maximum absolute atomic E-state index is 11.9. The van der Waals surface area contributed by atoms with Gasteiger partial charge in [-0.25, -0.2) is 4.98 Å². The van der Waals surface area contributed by atoms with E-state index in [4.69, 9.17) is 4.74 Å². The zero-order valence-electron chi connectivity index (χ0n) is 12.4. The molecule has 1 aromatic carbocycles. The summed E-state index contributed by atoms with van der Waals surface area (Å²) >= 11 is 0. The molecule has 21 heavy (non-hydrogen) atoms. The Hall–Kier alpha value is -2.37. The molecule has 2 aromatic rings. The number of H-pyrrole nitrogens is 1. The van der Waals surface area contributed by atoms with Gasteiger partial charge in [0.2, 0.25) is 5.91 Å². The maximum Gasteiger partial charge on any atom is 0.222 e. The number of hydrogen-bond acceptors (Lipinski definition) is 4. The van der Waals surface area contributed by atoms with Crippen molar-refractivity contribution in [1.29, 1.82) is 0 Å². The number of hydrogen-bond donors (Lipinski definition) is 1. The Kier molecular flexibility index (Phi) is 5.31. The van der Waals surface area contributed by atoms with Crippen molar-refractivity contribution in [3.8, 4) is 5.75 Å². The second kappa shape index (κ2) is 7.42. The van der Waals surface area contributed by atoms with Gasteiger partial charge in [0.25, 0.3) is 0 Å². The van der Waals surface area contributed by atoms with Crippen LogP contribution in [0.4, 0.5) is 0 Å². The molecular formula is C15H20N4O2. The standard InChI is InChI=1S/C15H20N4O2/c1-12-5-7-13(8-6-12)21-9-3-4-15(20)19(2)10-14-16-11-17-18-14/h5-8,11H,3-4,9-10H2,1-2H3,(H,16,17,18). The molecule has 6 heteroatoms. The summed E-state index contributed by atoms with van der Waals surface area (Å²) in [5, 5.41) is 6.49. The lowest BCUT2D eigenvalue weighted by atomic mass is 10.2. The molecule has 1 amide bonds. The van der Waals surface area contributed by atoms with Crippen LogP contribution in [0.3, 0.4) is 0 Å². The van der Waals surface area contributed by atoms with Gasteiger partial charge < -0.3 is 9.64 Å². The van der Waals surface area contributed by atoms with Crippen LogP contribution in [0.5, 0.6) is 5.75 Å². The first-order valence-electron chi connectivity index (χ1n) is 6.93. The van der Waals surface area contributed by atoms with E-state index in [1.54, 1.807) is 11.9 Å². The molecule has 0 spiro atoms. The first-order valence-corrected chi connectivity index (χ1v) is 6.93. The average molecular weight is 288 g/mol. The van der Waals surface area contributed by atoms with Crippen LogP contribution in [0, 0.1) is 6.92 Å². The van der Waals surface area contributed by atoms with Crippen molar-refractivity contribution >= 4 is 5.91 Å². The molecule has 1 N–H and O–H groups in total. The first-order chi connectivity index (χ1) is 10.1. The highest BCUT2D eigenvalue weighted by molar-refractivity contribution is 5.75. The molecule has 0 bridgehead atoms. The second-order valence-electron chi connectivity index (χ2n) is 4.95. The topological polar surface area (TPSA) is 71.1 Å². The average Bonchev–Trinajstić information content (AvgIpc) is 2.98. The molecule has 6 nitrogen and oxygen atoms in total. The lowest BCUT2D eigenvalue weighted by Crippen LogP contribution is -2.26. The van der Waals surface area contributed by atoms with E-state index in [-0.39, 0.29) is 5.91 Å². The predicted molar refractivity (Wildman–Crippen MR) is 78.8 cm³/mol. The Labute approximate surface area is 124 Å². The van der Waals surface area contributed by atoms with Crippen molar-refractivity contribution in [3.05, 3.63) is 42.0 Å². The lowest BCUT2D eigenvalue weighted by Gasteiger charge is -2.15. The zero-order valence-corrected chi connectivity index (χ0v) is 12.4. The van der Waals surface area contributed by atoms with E-state index < -0.39 is 0 Å². The lowest BCUT2D eigenvalue weighted by molar-refractivity contribution is -0.130. The number of nitrogens with zero attached hydrogens (tertiary/aromatic N) is 3. The molecular weight excluding hydrogens is 268 g/mol. The number of benzene rings is 1. The van der Waals surface area contributed by atoms with E-state index in [0.717, 1.165) is 5.75 Å². The molecule has 0 saturated heterocycles. The van der Waals surface area contributed by atoms with Gasteiger partial charge in [-0.3, -0.25) is 9.89 Å². The Balaban J connectivity index is 1.65. The highest BCUT2D eigenvalue weighted by Crippen LogP contribution is 2.12. The molecule has 0 atom stereocenters. The summed E-state index contributed by atoms with van der Waals surface area (Å²) in [6.07, 6.45) is 2.58. The molecule has 0 aliphatic rings. The van der Waals surface area contributed by atoms with Crippen LogP contribution < -0.4 is 4.74 Å². The summed E-state index contributed by atoms with van der Waals surface area (Å²) in [5.74, 6) is 1.59. The highest BCUT2D eigenvalue weighted by atomic mass is 16.5. The normalized spacial score (nSPS) is 10.4. The SMILES string of the molecule is Cc1ccc(OCCCC(=O)N(C)Cc2ncn[nH]2)cc1. The fraction of sp³-hybridized carbons (Fsp3) is 0.400. The highest BCUT2D eigenvalue weighted by Gasteiger charge is 2.10. The van der Waals surface area contributed by atoms with Crippen LogP contribution in [-0.2, 0) is 11.3 Å². The van der Waals surface area contributed by atoms with Crippen LogP contribution in [0.2, 0.25) is 0 Å². The van der Waals surface area contributed by atoms with Gasteiger partial charge in [-0.1, -0.05) is 17.7 Å². The van der Waals surface area contributed by atoms with Crippen molar-refractivity contribution in [3.63, 3.8) is 0 Å². The summed E-state index contributed by atoms with van der Waals surface area (Å²) in [5.41, 5.74) is 1.20. The quantitative estimate of drug-likeness (QED) is 0.790. The van der Waals surface area contributed by atoms with Crippen molar-refractivity contribution < 1.29 is 9.53 Å². The molecule has 0 saturated carbocycles. The van der Waals surface area contributed by atoms with E-state index in [2.05, 4.69) is 15.2 Å². The molecule has 0 aliphatic carbocycles. The van der Waals surface area contributed by atoms with Gasteiger partial charge in [-0.2, -0.15) is 5.10 Å². The third kappa shape index (κ3) is 4.91. The molecule has 2 rings (SSSR count). The predicted octanol–water partition coefficient (Wildman–Crippen LogP) is 1.93. The van der Waals surface area contributed by atoms with Crippen LogP contribution >= 0.6 is 0 Å². The Morgan fingerprint density at radius 2 is 2.10 bits per heavy atom. The number of rotatable bonds is 7. The van der Waals surface area contributed by atoms with Gasteiger partial charge >= 0.3 is 0 Å². The Morgan fingerprint density at radius 3 is 2.76 bits per heavy atom. The van der Waals surface area contributed by atoms with Crippen LogP contribution in [0.15, 0.2) is 30.6 Å². The number of aromatic nitrogens is 3. The van der Waals surface area contributed by atoms with E-state index in [1.165, 1.54) is 11.9 Å². The second-order valence-corrected chi connectivity index (χ2v) is 4.95. The Morgan fingerprint density at radius 1 is 1.33 bits per heavy atom. The number of amides is 1. The molecule has 0 radical (unpaired) electrons. The molecule has 112 valence electrons. The van der Waals surface area contributed by atoms with E-state index >= 15 is 0 Å². The molecule has 0 fully saturated rings. The smallest absolute Gasteiger partial charge is 0.222 e. The summed E-state index contributed by atoms with van der Waals surface area (Å²) in [7, 11) is 1.76.